The van der Waals surface area contributed by atoms with Crippen LogP contribution >= 0.6 is 0 Å². The third-order valence-electron chi connectivity index (χ3n) is 3.23. The molecule has 1 aliphatic rings. The number of benzene rings is 1. The van der Waals surface area contributed by atoms with Gasteiger partial charge in [-0.15, -0.1) is 0 Å². The first-order chi connectivity index (χ1) is 8.74. The molecule has 0 aromatic heterocycles. The maximum atomic E-state index is 5.85. The second kappa shape index (κ2) is 6.07. The summed E-state index contributed by atoms with van der Waals surface area (Å²) in [6, 6.07) is 5.75. The first-order valence-electron chi connectivity index (χ1n) is 6.38. The molecule has 2 unspecified atom stereocenters. The number of hydrogen-bond acceptors (Lipinski definition) is 4. The van der Waals surface area contributed by atoms with E-state index in [0.29, 0.717) is 19.3 Å². The van der Waals surface area contributed by atoms with E-state index in [4.69, 9.17) is 19.9 Å². The minimum atomic E-state index is 0.176. The van der Waals surface area contributed by atoms with Gasteiger partial charge in [-0.2, -0.15) is 0 Å². The smallest absolute Gasteiger partial charge is 0.165 e. The average molecular weight is 251 g/mol. The topological polar surface area (TPSA) is 53.7 Å². The third-order valence-corrected chi connectivity index (χ3v) is 3.23. The Labute approximate surface area is 108 Å². The van der Waals surface area contributed by atoms with Crippen molar-refractivity contribution in [2.75, 3.05) is 13.7 Å². The first-order valence-corrected chi connectivity index (χ1v) is 6.38. The normalized spacial score (nSPS) is 23.1. The zero-order chi connectivity index (χ0) is 13.0. The molecule has 0 spiro atoms. The number of para-hydroxylation sites is 1. The molecule has 0 aliphatic carbocycles. The van der Waals surface area contributed by atoms with Crippen molar-refractivity contribution in [1.82, 2.24) is 0 Å². The fourth-order valence-electron chi connectivity index (χ4n) is 2.23. The Hall–Kier alpha value is -1.26. The molecule has 1 saturated heterocycles. The Bertz CT molecular complexity index is 372. The molecule has 0 radical (unpaired) electrons. The first kappa shape index (κ1) is 13.2. The van der Waals surface area contributed by atoms with Crippen LogP contribution in [0, 0.1) is 0 Å². The van der Waals surface area contributed by atoms with Crippen molar-refractivity contribution in [2.24, 2.45) is 5.73 Å². The van der Waals surface area contributed by atoms with Crippen LogP contribution < -0.4 is 15.2 Å². The summed E-state index contributed by atoms with van der Waals surface area (Å²) in [5.74, 6) is 1.47. The second-order valence-corrected chi connectivity index (χ2v) is 4.61. The Balaban J connectivity index is 2.03. The van der Waals surface area contributed by atoms with Crippen LogP contribution in [0.15, 0.2) is 18.2 Å². The Morgan fingerprint density at radius 1 is 1.39 bits per heavy atom. The van der Waals surface area contributed by atoms with Crippen molar-refractivity contribution in [3.8, 4) is 11.5 Å². The third kappa shape index (κ3) is 2.94. The molecule has 1 aromatic rings. The number of nitrogens with two attached hydrogens (primary N) is 1. The molecule has 1 aliphatic heterocycles. The van der Waals surface area contributed by atoms with Gasteiger partial charge in [0, 0.05) is 12.1 Å². The lowest BCUT2D eigenvalue weighted by Crippen LogP contribution is -2.19. The van der Waals surface area contributed by atoms with E-state index in [1.165, 1.54) is 0 Å². The van der Waals surface area contributed by atoms with Crippen LogP contribution in [0.5, 0.6) is 11.5 Å². The summed E-state index contributed by atoms with van der Waals surface area (Å²) in [5, 5.41) is 0. The maximum Gasteiger partial charge on any atom is 0.165 e. The van der Waals surface area contributed by atoms with E-state index in [-0.39, 0.29) is 6.10 Å². The van der Waals surface area contributed by atoms with Crippen molar-refractivity contribution in [3.05, 3.63) is 23.8 Å². The number of hydrogen-bond donors (Lipinski definition) is 1. The Kier molecular flexibility index (Phi) is 4.44. The van der Waals surface area contributed by atoms with E-state index in [1.54, 1.807) is 7.11 Å². The zero-order valence-electron chi connectivity index (χ0n) is 11.0. The van der Waals surface area contributed by atoms with Gasteiger partial charge in [0.1, 0.15) is 6.61 Å². The van der Waals surface area contributed by atoms with Crippen molar-refractivity contribution in [3.63, 3.8) is 0 Å². The van der Waals surface area contributed by atoms with Gasteiger partial charge in [-0.1, -0.05) is 12.1 Å². The quantitative estimate of drug-likeness (QED) is 0.870. The lowest BCUT2D eigenvalue weighted by molar-refractivity contribution is 0.0257. The molecule has 0 amide bonds. The molecule has 4 nitrogen and oxygen atoms in total. The van der Waals surface area contributed by atoms with Gasteiger partial charge < -0.3 is 19.9 Å². The largest absolute Gasteiger partial charge is 0.493 e. The van der Waals surface area contributed by atoms with Gasteiger partial charge in [0.15, 0.2) is 11.5 Å². The molecule has 0 saturated carbocycles. The highest BCUT2D eigenvalue weighted by Gasteiger charge is 2.23. The molecular formula is C14H21NO3. The molecule has 4 heteroatoms. The fourth-order valence-corrected chi connectivity index (χ4v) is 2.23. The monoisotopic (exact) mass is 251 g/mol. The van der Waals surface area contributed by atoms with Crippen LogP contribution in [-0.2, 0) is 11.3 Å². The van der Waals surface area contributed by atoms with Crippen molar-refractivity contribution in [1.29, 1.82) is 0 Å². The Morgan fingerprint density at radius 2 is 2.22 bits per heavy atom. The number of rotatable bonds is 5. The maximum absolute atomic E-state index is 5.85. The lowest BCUT2D eigenvalue weighted by Gasteiger charge is -2.17. The van der Waals surface area contributed by atoms with Gasteiger partial charge in [0.05, 0.1) is 19.3 Å². The van der Waals surface area contributed by atoms with E-state index in [9.17, 15) is 0 Å². The molecule has 0 bridgehead atoms. The van der Waals surface area contributed by atoms with Crippen molar-refractivity contribution in [2.45, 2.75) is 38.5 Å². The summed E-state index contributed by atoms with van der Waals surface area (Å²) in [5.41, 5.74) is 6.67. The fraction of sp³-hybridized carbons (Fsp3) is 0.571. The van der Waals surface area contributed by atoms with E-state index in [0.717, 1.165) is 29.9 Å². The van der Waals surface area contributed by atoms with Crippen LogP contribution in [0.25, 0.3) is 0 Å². The summed E-state index contributed by atoms with van der Waals surface area (Å²) >= 11 is 0. The highest BCUT2D eigenvalue weighted by molar-refractivity contribution is 5.46. The molecule has 1 heterocycles. The van der Waals surface area contributed by atoms with Gasteiger partial charge in [-0.25, -0.2) is 0 Å². The lowest BCUT2D eigenvalue weighted by atomic mass is 10.2. The van der Waals surface area contributed by atoms with Crippen LogP contribution in [-0.4, -0.2) is 25.9 Å². The Morgan fingerprint density at radius 3 is 2.83 bits per heavy atom. The van der Waals surface area contributed by atoms with Gasteiger partial charge in [-0.3, -0.25) is 0 Å². The molecule has 2 N–H and O–H groups in total. The van der Waals surface area contributed by atoms with Crippen molar-refractivity contribution < 1.29 is 14.2 Å². The summed E-state index contributed by atoms with van der Waals surface area (Å²) < 4.78 is 16.9. The van der Waals surface area contributed by atoms with Crippen LogP contribution in [0.2, 0.25) is 0 Å². The van der Waals surface area contributed by atoms with Crippen LogP contribution in [0.3, 0.4) is 0 Å². The predicted octanol–water partition coefficient (Wildman–Crippen LogP) is 2.10. The highest BCUT2D eigenvalue weighted by Crippen LogP contribution is 2.31. The second-order valence-electron chi connectivity index (χ2n) is 4.61. The van der Waals surface area contributed by atoms with Gasteiger partial charge in [0.2, 0.25) is 0 Å². The van der Waals surface area contributed by atoms with Crippen LogP contribution in [0.4, 0.5) is 0 Å². The van der Waals surface area contributed by atoms with Gasteiger partial charge >= 0.3 is 0 Å². The minimum Gasteiger partial charge on any atom is -0.493 e. The summed E-state index contributed by atoms with van der Waals surface area (Å²) in [6.45, 7) is 3.08. The van der Waals surface area contributed by atoms with Gasteiger partial charge in [-0.05, 0) is 25.8 Å². The van der Waals surface area contributed by atoms with E-state index in [1.807, 2.05) is 18.2 Å². The molecule has 1 fully saturated rings. The summed E-state index contributed by atoms with van der Waals surface area (Å²) in [7, 11) is 1.64. The molecule has 18 heavy (non-hydrogen) atoms. The molecule has 100 valence electrons. The predicted molar refractivity (Wildman–Crippen MR) is 69.9 cm³/mol. The van der Waals surface area contributed by atoms with Gasteiger partial charge in [0.25, 0.3) is 0 Å². The average Bonchev–Trinajstić information content (AvgIpc) is 2.81. The van der Waals surface area contributed by atoms with E-state index >= 15 is 0 Å². The minimum absolute atomic E-state index is 0.176. The van der Waals surface area contributed by atoms with E-state index < -0.39 is 0 Å². The summed E-state index contributed by atoms with van der Waals surface area (Å²) in [6.07, 6.45) is 2.67. The zero-order valence-corrected chi connectivity index (χ0v) is 11.0. The van der Waals surface area contributed by atoms with Crippen molar-refractivity contribution >= 4 is 0 Å². The molecule has 2 rings (SSSR count). The number of ether oxygens (including phenoxy) is 3. The highest BCUT2D eigenvalue weighted by atomic mass is 16.6. The van der Waals surface area contributed by atoms with Crippen LogP contribution in [0.1, 0.15) is 25.3 Å². The molecular weight excluding hydrogens is 230 g/mol. The SMILES string of the molecule is COc1cccc(CN)c1OCC1CCC(C)O1. The summed E-state index contributed by atoms with van der Waals surface area (Å²) in [4.78, 5) is 0. The molecule has 1 aromatic carbocycles. The molecule has 2 atom stereocenters. The van der Waals surface area contributed by atoms with E-state index in [2.05, 4.69) is 6.92 Å². The number of methoxy groups -OCH3 is 1. The standard InChI is InChI=1S/C14H21NO3/c1-10-6-7-12(18-10)9-17-14-11(8-15)4-3-5-13(14)16-2/h3-5,10,12H,6-9,15H2,1-2H3.